The highest BCUT2D eigenvalue weighted by Crippen LogP contribution is 2.27. The molecule has 7 heteroatoms. The smallest absolute Gasteiger partial charge is 0.295 e. The molecular weight excluding hydrogens is 241 g/mol. The first-order chi connectivity index (χ1) is 8.49. The van der Waals surface area contributed by atoms with Gasteiger partial charge >= 0.3 is 0 Å². The highest BCUT2D eigenvalue weighted by Gasteiger charge is 2.30. The maximum absolute atomic E-state index is 13.0. The van der Waals surface area contributed by atoms with Gasteiger partial charge in [0.15, 0.2) is 0 Å². The second-order valence-electron chi connectivity index (χ2n) is 4.16. The number of nitro groups is 1. The fraction of sp³-hybridized carbons (Fsp3) is 0.364. The number of hydrogen-bond acceptors (Lipinski definition) is 4. The normalized spacial score (nSPS) is 19.1. The van der Waals surface area contributed by atoms with Gasteiger partial charge < -0.3 is 10.2 Å². The van der Waals surface area contributed by atoms with Crippen LogP contribution >= 0.6 is 0 Å². The number of nitrogens with one attached hydrogen (secondary N) is 1. The summed E-state index contributed by atoms with van der Waals surface area (Å²) in [6.45, 7) is 0.603. The second kappa shape index (κ2) is 4.59. The van der Waals surface area contributed by atoms with Gasteiger partial charge in [0.1, 0.15) is 17.5 Å². The minimum absolute atomic E-state index is 0.117. The van der Waals surface area contributed by atoms with E-state index in [4.69, 9.17) is 0 Å². The monoisotopic (exact) mass is 253 g/mol. The first-order valence-electron chi connectivity index (χ1n) is 5.44. The van der Waals surface area contributed by atoms with Crippen molar-refractivity contribution >= 4 is 17.3 Å². The molecular formula is C11H12FN3O3. The quantitative estimate of drug-likeness (QED) is 0.652. The van der Waals surface area contributed by atoms with E-state index in [1.54, 1.807) is 11.9 Å². The fourth-order valence-electron chi connectivity index (χ4n) is 1.92. The lowest BCUT2D eigenvalue weighted by Gasteiger charge is -2.13. The van der Waals surface area contributed by atoms with E-state index in [9.17, 15) is 19.3 Å². The van der Waals surface area contributed by atoms with Crippen LogP contribution in [0.15, 0.2) is 18.2 Å². The van der Waals surface area contributed by atoms with Crippen LogP contribution in [0.3, 0.4) is 0 Å². The van der Waals surface area contributed by atoms with E-state index in [-0.39, 0.29) is 17.3 Å². The molecule has 1 aliphatic heterocycles. The number of nitro benzene ring substituents is 1. The fourth-order valence-corrected chi connectivity index (χ4v) is 1.92. The van der Waals surface area contributed by atoms with Gasteiger partial charge in [-0.2, -0.15) is 0 Å². The van der Waals surface area contributed by atoms with Gasteiger partial charge in [0, 0.05) is 13.6 Å². The lowest BCUT2D eigenvalue weighted by molar-refractivity contribution is -0.384. The number of carbonyl (C=O) groups excluding carboxylic acids is 1. The molecule has 0 radical (unpaired) electrons. The molecule has 0 bridgehead atoms. The molecule has 1 fully saturated rings. The largest absolute Gasteiger partial charge is 0.368 e. The zero-order chi connectivity index (χ0) is 13.3. The Morgan fingerprint density at radius 2 is 2.28 bits per heavy atom. The van der Waals surface area contributed by atoms with E-state index < -0.39 is 16.8 Å². The van der Waals surface area contributed by atoms with Gasteiger partial charge in [0.25, 0.3) is 5.69 Å². The lowest BCUT2D eigenvalue weighted by Crippen LogP contribution is -2.31. The number of likely N-dealkylation sites (tertiary alicyclic amines) is 1. The van der Waals surface area contributed by atoms with Crippen molar-refractivity contribution in [2.45, 2.75) is 12.5 Å². The van der Waals surface area contributed by atoms with Crippen molar-refractivity contribution in [1.82, 2.24) is 4.90 Å². The van der Waals surface area contributed by atoms with Crippen LogP contribution < -0.4 is 5.32 Å². The molecule has 1 N–H and O–H groups in total. The van der Waals surface area contributed by atoms with Crippen molar-refractivity contribution in [3.05, 3.63) is 34.1 Å². The van der Waals surface area contributed by atoms with Crippen LogP contribution in [0.25, 0.3) is 0 Å². The third kappa shape index (κ3) is 2.24. The van der Waals surface area contributed by atoms with Crippen molar-refractivity contribution < 1.29 is 14.1 Å². The zero-order valence-electron chi connectivity index (χ0n) is 9.72. The number of nitrogens with zero attached hydrogens (tertiary/aromatic N) is 2. The van der Waals surface area contributed by atoms with Crippen LogP contribution in [0.1, 0.15) is 6.42 Å². The number of halogens is 1. The highest BCUT2D eigenvalue weighted by molar-refractivity contribution is 5.87. The number of benzene rings is 1. The predicted octanol–water partition coefficient (Wildman–Crippen LogP) is 1.38. The molecule has 1 atom stereocenters. The van der Waals surface area contributed by atoms with E-state index in [2.05, 4.69) is 5.32 Å². The summed E-state index contributed by atoms with van der Waals surface area (Å²) < 4.78 is 13.0. The topological polar surface area (TPSA) is 75.5 Å². The summed E-state index contributed by atoms with van der Waals surface area (Å²) >= 11 is 0. The molecule has 1 saturated heterocycles. The molecule has 0 spiro atoms. The average molecular weight is 253 g/mol. The summed E-state index contributed by atoms with van der Waals surface area (Å²) in [7, 11) is 1.67. The molecule has 1 heterocycles. The standard InChI is InChI=1S/C11H12FN3O3/c1-14-5-4-9(11(14)16)13-8-3-2-7(12)6-10(8)15(17)18/h2-3,6,9,13H,4-5H2,1H3. The number of hydrogen-bond donors (Lipinski definition) is 1. The third-order valence-electron chi connectivity index (χ3n) is 2.91. The molecule has 1 aliphatic rings. The maximum Gasteiger partial charge on any atom is 0.295 e. The molecule has 1 aromatic carbocycles. The summed E-state index contributed by atoms with van der Waals surface area (Å²) in [5.74, 6) is -0.796. The summed E-state index contributed by atoms with van der Waals surface area (Å²) in [5, 5.41) is 13.6. The van der Waals surface area contributed by atoms with Crippen LogP contribution in [-0.2, 0) is 4.79 Å². The van der Waals surface area contributed by atoms with Crippen LogP contribution in [0.2, 0.25) is 0 Å². The Morgan fingerprint density at radius 1 is 1.56 bits per heavy atom. The Balaban J connectivity index is 2.24. The Hall–Kier alpha value is -2.18. The molecule has 0 aromatic heterocycles. The molecule has 1 aromatic rings. The van der Waals surface area contributed by atoms with Crippen LogP contribution in [0, 0.1) is 15.9 Å². The Kier molecular flexibility index (Phi) is 3.14. The summed E-state index contributed by atoms with van der Waals surface area (Å²) in [6.07, 6.45) is 0.573. The van der Waals surface area contributed by atoms with E-state index >= 15 is 0 Å². The minimum atomic E-state index is -0.679. The van der Waals surface area contributed by atoms with Gasteiger partial charge in [-0.15, -0.1) is 0 Å². The minimum Gasteiger partial charge on any atom is -0.368 e. The second-order valence-corrected chi connectivity index (χ2v) is 4.16. The van der Waals surface area contributed by atoms with Gasteiger partial charge in [0.05, 0.1) is 11.0 Å². The maximum atomic E-state index is 13.0. The predicted molar refractivity (Wildman–Crippen MR) is 62.7 cm³/mol. The molecule has 1 unspecified atom stereocenters. The number of likely N-dealkylation sites (N-methyl/N-ethyl adjacent to an activating group) is 1. The van der Waals surface area contributed by atoms with Gasteiger partial charge in [0.2, 0.25) is 5.91 Å². The van der Waals surface area contributed by atoms with Crippen LogP contribution in [0.5, 0.6) is 0 Å². The first kappa shape index (κ1) is 12.3. The van der Waals surface area contributed by atoms with Crippen molar-refractivity contribution in [3.63, 3.8) is 0 Å². The van der Waals surface area contributed by atoms with E-state index in [0.717, 1.165) is 12.1 Å². The van der Waals surface area contributed by atoms with Crippen molar-refractivity contribution in [2.24, 2.45) is 0 Å². The molecule has 1 amide bonds. The molecule has 96 valence electrons. The number of anilines is 1. The molecule has 18 heavy (non-hydrogen) atoms. The zero-order valence-corrected chi connectivity index (χ0v) is 9.72. The number of rotatable bonds is 3. The summed E-state index contributed by atoms with van der Waals surface area (Å²) in [4.78, 5) is 23.4. The van der Waals surface area contributed by atoms with Gasteiger partial charge in [-0.3, -0.25) is 14.9 Å². The van der Waals surface area contributed by atoms with E-state index in [0.29, 0.717) is 13.0 Å². The van der Waals surface area contributed by atoms with E-state index in [1.165, 1.54) is 6.07 Å². The van der Waals surface area contributed by atoms with Crippen LogP contribution in [-0.4, -0.2) is 35.4 Å². The van der Waals surface area contributed by atoms with Crippen LogP contribution in [0.4, 0.5) is 15.8 Å². The van der Waals surface area contributed by atoms with Gasteiger partial charge in [-0.1, -0.05) is 0 Å². The SMILES string of the molecule is CN1CCC(Nc2ccc(F)cc2[N+](=O)[O-])C1=O. The molecule has 2 rings (SSSR count). The Bertz CT molecular complexity index is 506. The van der Waals surface area contributed by atoms with Crippen molar-refractivity contribution in [3.8, 4) is 0 Å². The Labute approximate surface area is 103 Å². The molecule has 0 aliphatic carbocycles. The van der Waals surface area contributed by atoms with Gasteiger partial charge in [-0.25, -0.2) is 4.39 Å². The number of carbonyl (C=O) groups is 1. The van der Waals surface area contributed by atoms with Crippen molar-refractivity contribution in [1.29, 1.82) is 0 Å². The number of amides is 1. The highest BCUT2D eigenvalue weighted by atomic mass is 19.1. The third-order valence-corrected chi connectivity index (χ3v) is 2.91. The molecule has 0 saturated carbocycles. The first-order valence-corrected chi connectivity index (χ1v) is 5.44. The summed E-state index contributed by atoms with van der Waals surface area (Å²) in [5.41, 5.74) is -0.201. The van der Waals surface area contributed by atoms with E-state index in [1.807, 2.05) is 0 Å². The van der Waals surface area contributed by atoms with Gasteiger partial charge in [-0.05, 0) is 18.6 Å². The van der Waals surface area contributed by atoms with Crippen molar-refractivity contribution in [2.75, 3.05) is 18.9 Å². The molecule has 6 nitrogen and oxygen atoms in total. The lowest BCUT2D eigenvalue weighted by atomic mass is 10.2. The summed E-state index contributed by atoms with van der Waals surface area (Å²) in [6, 6.07) is 2.75. The Morgan fingerprint density at radius 3 is 2.83 bits per heavy atom. The average Bonchev–Trinajstić information content (AvgIpc) is 2.63.